The first kappa shape index (κ1) is 22.0. The van der Waals surface area contributed by atoms with E-state index in [9.17, 15) is 0 Å². The molecule has 0 aliphatic rings. The summed E-state index contributed by atoms with van der Waals surface area (Å²) in [7, 11) is -1.79. The molecule has 1 nitrogen and oxygen atoms in total. The van der Waals surface area contributed by atoms with Crippen LogP contribution in [0.25, 0.3) is 6.08 Å². The molecule has 0 amide bonds. The van der Waals surface area contributed by atoms with Crippen molar-refractivity contribution in [3.63, 3.8) is 0 Å². The summed E-state index contributed by atoms with van der Waals surface area (Å²) in [4.78, 5) is 0. The molecule has 0 fully saturated rings. The van der Waals surface area contributed by atoms with Crippen molar-refractivity contribution >= 4 is 26.0 Å². The van der Waals surface area contributed by atoms with Crippen LogP contribution in [-0.4, -0.2) is 14.9 Å². The number of rotatable bonds is 8. The highest BCUT2D eigenvalue weighted by Gasteiger charge is 2.39. The van der Waals surface area contributed by atoms with Crippen molar-refractivity contribution in [2.45, 2.75) is 65.1 Å². The molecule has 1 aromatic carbocycles. The number of allylic oxidation sites excluding steroid dienone is 1. The van der Waals surface area contributed by atoms with Gasteiger partial charge in [-0.25, -0.2) is 0 Å². The fourth-order valence-electron chi connectivity index (χ4n) is 2.37. The van der Waals surface area contributed by atoms with E-state index in [0.717, 1.165) is 36.5 Å². The Hall–Kier alpha value is -1.01. The van der Waals surface area contributed by atoms with Crippen molar-refractivity contribution in [1.29, 1.82) is 0 Å². The molecule has 0 spiro atoms. The van der Waals surface area contributed by atoms with E-state index in [4.69, 9.17) is 22.5 Å². The Morgan fingerprint density at radius 1 is 1.24 bits per heavy atom. The molecule has 1 rings (SSSR count). The van der Waals surface area contributed by atoms with Gasteiger partial charge in [-0.3, -0.25) is 0 Å². The molecule has 0 heterocycles. The molecule has 0 saturated heterocycles. The number of benzene rings is 1. The second-order valence-corrected chi connectivity index (χ2v) is 13.6. The summed E-state index contributed by atoms with van der Waals surface area (Å²) >= 11 is 6.24. The molecule has 0 aliphatic heterocycles. The van der Waals surface area contributed by atoms with Crippen molar-refractivity contribution in [2.24, 2.45) is 5.41 Å². The maximum atomic E-state index is 6.51. The van der Waals surface area contributed by atoms with Crippen LogP contribution in [0.2, 0.25) is 23.2 Å². The lowest BCUT2D eigenvalue weighted by molar-refractivity contribution is 0.133. The summed E-state index contributed by atoms with van der Waals surface area (Å²) in [5.74, 6) is 2.87. The third-order valence-electron chi connectivity index (χ3n) is 5.53. The van der Waals surface area contributed by atoms with E-state index >= 15 is 0 Å². The first-order valence-electron chi connectivity index (χ1n) is 9.05. The van der Waals surface area contributed by atoms with Gasteiger partial charge in [-0.05, 0) is 42.6 Å². The number of halogens is 1. The van der Waals surface area contributed by atoms with Gasteiger partial charge in [0, 0.05) is 23.5 Å². The quantitative estimate of drug-likeness (QED) is 0.344. The SMILES string of the molecule is C#CCC(CC)(C/C=C/c1ccccc1Cl)CO[Si](C)(C)C(C)(C)C. The molecule has 3 heteroatoms. The second-order valence-electron chi connectivity index (χ2n) is 8.41. The zero-order valence-corrected chi connectivity index (χ0v) is 18.4. The molecule has 1 unspecified atom stereocenters. The first-order chi connectivity index (χ1) is 11.6. The summed E-state index contributed by atoms with van der Waals surface area (Å²) in [5, 5.41) is 0.978. The van der Waals surface area contributed by atoms with E-state index in [0.29, 0.717) is 0 Å². The van der Waals surface area contributed by atoms with E-state index in [1.54, 1.807) is 0 Å². The van der Waals surface area contributed by atoms with Gasteiger partial charge < -0.3 is 4.43 Å². The summed E-state index contributed by atoms with van der Waals surface area (Å²) in [6.45, 7) is 14.3. The summed E-state index contributed by atoms with van der Waals surface area (Å²) in [5.41, 5.74) is 1.03. The zero-order chi connectivity index (χ0) is 19.1. The van der Waals surface area contributed by atoms with Crippen molar-refractivity contribution in [3.8, 4) is 12.3 Å². The third-order valence-corrected chi connectivity index (χ3v) is 10.3. The summed E-state index contributed by atoms with van der Waals surface area (Å²) < 4.78 is 6.51. The maximum absolute atomic E-state index is 6.51. The lowest BCUT2D eigenvalue weighted by atomic mass is 9.79. The maximum Gasteiger partial charge on any atom is 0.192 e. The topological polar surface area (TPSA) is 9.23 Å². The van der Waals surface area contributed by atoms with Gasteiger partial charge in [0.1, 0.15) is 0 Å². The molecule has 0 bridgehead atoms. The van der Waals surface area contributed by atoms with Gasteiger partial charge in [0.05, 0.1) is 0 Å². The van der Waals surface area contributed by atoms with Gasteiger partial charge in [-0.1, -0.05) is 69.6 Å². The van der Waals surface area contributed by atoms with Crippen molar-refractivity contribution in [1.82, 2.24) is 0 Å². The minimum absolute atomic E-state index is 0.0119. The van der Waals surface area contributed by atoms with Gasteiger partial charge in [0.2, 0.25) is 0 Å². The van der Waals surface area contributed by atoms with Crippen LogP contribution in [-0.2, 0) is 4.43 Å². The molecule has 25 heavy (non-hydrogen) atoms. The molecular weight excluding hydrogens is 344 g/mol. The largest absolute Gasteiger partial charge is 0.416 e. The molecule has 138 valence electrons. The lowest BCUT2D eigenvalue weighted by Crippen LogP contribution is -2.44. The van der Waals surface area contributed by atoms with Crippen LogP contribution in [0.1, 0.15) is 52.5 Å². The van der Waals surface area contributed by atoms with E-state index in [-0.39, 0.29) is 10.5 Å². The molecule has 0 N–H and O–H groups in total. The average Bonchev–Trinajstić information content (AvgIpc) is 2.53. The minimum atomic E-state index is -1.79. The fourth-order valence-corrected chi connectivity index (χ4v) is 3.66. The van der Waals surface area contributed by atoms with Gasteiger partial charge in [0.15, 0.2) is 8.32 Å². The lowest BCUT2D eigenvalue weighted by Gasteiger charge is -2.40. The van der Waals surface area contributed by atoms with Gasteiger partial charge in [-0.2, -0.15) is 0 Å². The molecule has 1 atom stereocenters. The van der Waals surface area contributed by atoms with E-state index < -0.39 is 8.32 Å². The smallest absolute Gasteiger partial charge is 0.192 e. The first-order valence-corrected chi connectivity index (χ1v) is 12.3. The Balaban J connectivity index is 2.89. The predicted octanol–water partition coefficient (Wildman–Crippen LogP) is 7.18. The van der Waals surface area contributed by atoms with E-state index in [1.165, 1.54) is 0 Å². The van der Waals surface area contributed by atoms with Crippen LogP contribution in [0, 0.1) is 17.8 Å². The van der Waals surface area contributed by atoms with Crippen LogP contribution < -0.4 is 0 Å². The molecule has 1 aromatic rings. The number of hydrogen-bond donors (Lipinski definition) is 0. The fraction of sp³-hybridized carbons (Fsp3) is 0.545. The molecule has 0 radical (unpaired) electrons. The average molecular weight is 377 g/mol. The second kappa shape index (κ2) is 9.08. The third kappa shape index (κ3) is 6.33. The molecule has 0 aromatic heterocycles. The Labute approximate surface area is 161 Å². The van der Waals surface area contributed by atoms with E-state index in [2.05, 4.69) is 58.9 Å². The summed E-state index contributed by atoms with van der Waals surface area (Å²) in [6, 6.07) is 7.89. The monoisotopic (exact) mass is 376 g/mol. The molecular formula is C22H33ClOSi. The predicted molar refractivity (Wildman–Crippen MR) is 114 cm³/mol. The van der Waals surface area contributed by atoms with Crippen molar-refractivity contribution in [3.05, 3.63) is 40.9 Å². The standard InChI is InChI=1S/C22H33ClOSi/c1-8-16-22(9-2,18-24-25(6,7)21(3,4)5)17-12-14-19-13-10-11-15-20(19)23/h1,10-15H,9,16-18H2,2-7H3/b14-12+. The number of terminal acetylenes is 1. The zero-order valence-electron chi connectivity index (χ0n) is 16.7. The van der Waals surface area contributed by atoms with Gasteiger partial charge in [0.25, 0.3) is 0 Å². The Morgan fingerprint density at radius 3 is 2.40 bits per heavy atom. The van der Waals surface area contributed by atoms with E-state index in [1.807, 2.05) is 24.3 Å². The van der Waals surface area contributed by atoms with Crippen LogP contribution in [0.15, 0.2) is 30.3 Å². The molecule has 0 saturated carbocycles. The highest BCUT2D eigenvalue weighted by Crippen LogP contribution is 2.40. The van der Waals surface area contributed by atoms with Gasteiger partial charge >= 0.3 is 0 Å². The molecule has 0 aliphatic carbocycles. The van der Waals surface area contributed by atoms with Crippen LogP contribution in [0.4, 0.5) is 0 Å². The van der Waals surface area contributed by atoms with Gasteiger partial charge in [-0.15, -0.1) is 12.3 Å². The highest BCUT2D eigenvalue weighted by atomic mass is 35.5. The Morgan fingerprint density at radius 2 is 1.88 bits per heavy atom. The van der Waals surface area contributed by atoms with Crippen LogP contribution >= 0.6 is 11.6 Å². The minimum Gasteiger partial charge on any atom is -0.416 e. The number of hydrogen-bond acceptors (Lipinski definition) is 1. The van der Waals surface area contributed by atoms with Crippen molar-refractivity contribution in [2.75, 3.05) is 6.61 Å². The Bertz CT molecular complexity index is 622. The normalized spacial score (nSPS) is 15.1. The summed E-state index contributed by atoms with van der Waals surface area (Å²) in [6.07, 6.45) is 12.6. The Kier molecular flexibility index (Phi) is 8.00. The van der Waals surface area contributed by atoms with Crippen LogP contribution in [0.3, 0.4) is 0 Å². The highest BCUT2D eigenvalue weighted by molar-refractivity contribution is 6.74. The van der Waals surface area contributed by atoms with Crippen LogP contribution in [0.5, 0.6) is 0 Å². The van der Waals surface area contributed by atoms with Crippen molar-refractivity contribution < 1.29 is 4.43 Å².